The molecule has 0 spiro atoms. The van der Waals surface area contributed by atoms with E-state index in [4.69, 9.17) is 4.74 Å². The molecule has 0 unspecified atom stereocenters. The lowest BCUT2D eigenvalue weighted by Crippen LogP contribution is -1.80. The number of benzene rings is 1. The molecule has 2 rings (SSSR count). The van der Waals surface area contributed by atoms with E-state index in [1.165, 1.54) is 10.4 Å². The van der Waals surface area contributed by atoms with E-state index in [-0.39, 0.29) is 0 Å². The highest BCUT2D eigenvalue weighted by atomic mass is 32.1. The van der Waals surface area contributed by atoms with Crippen LogP contribution in [0.15, 0.2) is 40.7 Å². The molecule has 1 heterocycles. The minimum absolute atomic E-state index is 0.853. The number of nitrogens with zero attached hydrogens (tertiary/aromatic N) is 1. The van der Waals surface area contributed by atoms with Crippen LogP contribution >= 0.6 is 11.3 Å². The van der Waals surface area contributed by atoms with E-state index in [0.29, 0.717) is 0 Å². The molecule has 1 aromatic carbocycles. The first-order chi connectivity index (χ1) is 7.79. The molecule has 0 N–H and O–H groups in total. The highest BCUT2D eigenvalue weighted by molar-refractivity contribution is 7.11. The second-order valence-electron chi connectivity index (χ2n) is 3.42. The number of hydrogen-bond donors (Lipinski definition) is 0. The van der Waals surface area contributed by atoms with Gasteiger partial charge in [0.25, 0.3) is 0 Å². The summed E-state index contributed by atoms with van der Waals surface area (Å²) in [5.41, 5.74) is 2.20. The molecule has 0 fully saturated rings. The van der Waals surface area contributed by atoms with Crippen LogP contribution in [0.1, 0.15) is 10.4 Å². The number of thiophene rings is 1. The zero-order valence-corrected chi connectivity index (χ0v) is 10.1. The molecule has 0 saturated heterocycles. The summed E-state index contributed by atoms with van der Waals surface area (Å²) in [4.78, 5) is 5.62. The number of ether oxygens (including phenoxy) is 1. The maximum absolute atomic E-state index is 5.09. The molecular weight excluding hydrogens is 218 g/mol. The summed E-state index contributed by atoms with van der Waals surface area (Å²) in [5.74, 6) is 0.853. The normalized spacial score (nSPS) is 10.9. The Balaban J connectivity index is 2.14. The van der Waals surface area contributed by atoms with Gasteiger partial charge in [-0.15, -0.1) is 11.3 Å². The monoisotopic (exact) mass is 231 g/mol. The number of methoxy groups -OCH3 is 1. The standard InChI is InChI=1S/C13H13NOS/c1-10-7-8-16-13(10)9-14-11-3-5-12(15-2)6-4-11/h3-9H,1-2H3. The van der Waals surface area contributed by atoms with Gasteiger partial charge in [0, 0.05) is 11.1 Å². The lowest BCUT2D eigenvalue weighted by Gasteiger charge is -1.98. The van der Waals surface area contributed by atoms with Gasteiger partial charge in [0.1, 0.15) is 5.75 Å². The van der Waals surface area contributed by atoms with Gasteiger partial charge in [0.15, 0.2) is 0 Å². The molecule has 0 bridgehead atoms. The summed E-state index contributed by atoms with van der Waals surface area (Å²) in [7, 11) is 1.66. The maximum Gasteiger partial charge on any atom is 0.119 e. The Hall–Kier alpha value is -1.61. The average Bonchev–Trinajstić information content (AvgIpc) is 2.73. The van der Waals surface area contributed by atoms with Crippen LogP contribution in [-0.2, 0) is 0 Å². The third-order valence-electron chi connectivity index (χ3n) is 2.31. The van der Waals surface area contributed by atoms with E-state index in [9.17, 15) is 0 Å². The van der Waals surface area contributed by atoms with Crippen molar-refractivity contribution in [2.24, 2.45) is 4.99 Å². The Morgan fingerprint density at radius 1 is 1.19 bits per heavy atom. The van der Waals surface area contributed by atoms with Crippen molar-refractivity contribution in [3.8, 4) is 5.75 Å². The summed E-state index contributed by atoms with van der Waals surface area (Å²) in [6, 6.07) is 9.80. The lowest BCUT2D eigenvalue weighted by atomic mass is 10.3. The Bertz CT molecular complexity index is 485. The summed E-state index contributed by atoms with van der Waals surface area (Å²) in [5, 5.41) is 2.07. The SMILES string of the molecule is COc1ccc(N=Cc2sccc2C)cc1. The van der Waals surface area contributed by atoms with E-state index in [2.05, 4.69) is 23.4 Å². The van der Waals surface area contributed by atoms with Gasteiger partial charge in [-0.2, -0.15) is 0 Å². The Kier molecular flexibility index (Phi) is 3.37. The quantitative estimate of drug-likeness (QED) is 0.736. The Morgan fingerprint density at radius 2 is 1.94 bits per heavy atom. The summed E-state index contributed by atoms with van der Waals surface area (Å²) in [6.45, 7) is 2.09. The van der Waals surface area contributed by atoms with Crippen LogP contribution in [0.3, 0.4) is 0 Å². The first-order valence-electron chi connectivity index (χ1n) is 5.02. The van der Waals surface area contributed by atoms with Crippen molar-refractivity contribution in [3.63, 3.8) is 0 Å². The molecule has 0 saturated carbocycles. The molecule has 0 aliphatic rings. The fourth-order valence-electron chi connectivity index (χ4n) is 1.32. The first-order valence-corrected chi connectivity index (χ1v) is 5.90. The highest BCUT2D eigenvalue weighted by Gasteiger charge is 1.95. The number of aliphatic imine (C=N–C) groups is 1. The molecule has 2 aromatic rings. The van der Waals surface area contributed by atoms with Crippen molar-refractivity contribution in [2.45, 2.75) is 6.92 Å². The van der Waals surface area contributed by atoms with Crippen molar-refractivity contribution in [1.82, 2.24) is 0 Å². The van der Waals surface area contributed by atoms with E-state index in [1.807, 2.05) is 30.5 Å². The number of aryl methyl sites for hydroxylation is 1. The van der Waals surface area contributed by atoms with Crippen LogP contribution < -0.4 is 4.74 Å². The first kappa shape index (κ1) is 10.9. The molecule has 0 aliphatic heterocycles. The molecule has 0 atom stereocenters. The molecule has 82 valence electrons. The average molecular weight is 231 g/mol. The van der Waals surface area contributed by atoms with Gasteiger partial charge in [-0.1, -0.05) is 0 Å². The topological polar surface area (TPSA) is 21.6 Å². The number of rotatable bonds is 3. The second kappa shape index (κ2) is 4.94. The third kappa shape index (κ3) is 2.49. The van der Waals surface area contributed by atoms with Gasteiger partial charge in [0.05, 0.1) is 12.8 Å². The number of hydrogen-bond acceptors (Lipinski definition) is 3. The Morgan fingerprint density at radius 3 is 2.50 bits per heavy atom. The fraction of sp³-hybridized carbons (Fsp3) is 0.154. The van der Waals surface area contributed by atoms with Crippen LogP contribution in [0, 0.1) is 6.92 Å². The van der Waals surface area contributed by atoms with E-state index in [1.54, 1.807) is 18.4 Å². The van der Waals surface area contributed by atoms with Gasteiger partial charge in [-0.3, -0.25) is 4.99 Å². The highest BCUT2D eigenvalue weighted by Crippen LogP contribution is 2.19. The molecule has 2 nitrogen and oxygen atoms in total. The summed E-state index contributed by atoms with van der Waals surface area (Å²) < 4.78 is 5.09. The van der Waals surface area contributed by atoms with Gasteiger partial charge in [-0.25, -0.2) is 0 Å². The van der Waals surface area contributed by atoms with Crippen LogP contribution in [0.4, 0.5) is 5.69 Å². The van der Waals surface area contributed by atoms with Gasteiger partial charge in [0.2, 0.25) is 0 Å². The van der Waals surface area contributed by atoms with E-state index < -0.39 is 0 Å². The zero-order chi connectivity index (χ0) is 11.4. The van der Waals surface area contributed by atoms with Crippen molar-refractivity contribution >= 4 is 23.2 Å². The van der Waals surface area contributed by atoms with Crippen LogP contribution in [-0.4, -0.2) is 13.3 Å². The molecule has 0 amide bonds. The van der Waals surface area contributed by atoms with Crippen molar-refractivity contribution in [1.29, 1.82) is 0 Å². The van der Waals surface area contributed by atoms with Gasteiger partial charge >= 0.3 is 0 Å². The zero-order valence-electron chi connectivity index (χ0n) is 9.31. The Labute approximate surface area is 99.2 Å². The second-order valence-corrected chi connectivity index (χ2v) is 4.37. The van der Waals surface area contributed by atoms with Crippen LogP contribution in [0.5, 0.6) is 5.75 Å². The predicted octanol–water partition coefficient (Wildman–Crippen LogP) is 3.82. The lowest BCUT2D eigenvalue weighted by molar-refractivity contribution is 0.415. The molecule has 0 radical (unpaired) electrons. The van der Waals surface area contributed by atoms with Gasteiger partial charge in [-0.05, 0) is 48.2 Å². The molecule has 1 aromatic heterocycles. The molecular formula is C13H13NOS. The molecule has 3 heteroatoms. The van der Waals surface area contributed by atoms with Crippen molar-refractivity contribution < 1.29 is 4.74 Å². The smallest absolute Gasteiger partial charge is 0.119 e. The predicted molar refractivity (Wildman–Crippen MR) is 69.3 cm³/mol. The minimum atomic E-state index is 0.853. The fourth-order valence-corrected chi connectivity index (χ4v) is 2.10. The van der Waals surface area contributed by atoms with Crippen LogP contribution in [0.2, 0.25) is 0 Å². The minimum Gasteiger partial charge on any atom is -0.497 e. The van der Waals surface area contributed by atoms with E-state index in [0.717, 1.165) is 11.4 Å². The largest absolute Gasteiger partial charge is 0.497 e. The van der Waals surface area contributed by atoms with Crippen molar-refractivity contribution in [3.05, 3.63) is 46.2 Å². The van der Waals surface area contributed by atoms with E-state index >= 15 is 0 Å². The third-order valence-corrected chi connectivity index (χ3v) is 3.26. The van der Waals surface area contributed by atoms with Crippen molar-refractivity contribution in [2.75, 3.05) is 7.11 Å². The molecule has 0 aliphatic carbocycles. The van der Waals surface area contributed by atoms with Crippen LogP contribution in [0.25, 0.3) is 0 Å². The van der Waals surface area contributed by atoms with Gasteiger partial charge < -0.3 is 4.74 Å². The maximum atomic E-state index is 5.09. The summed E-state index contributed by atoms with van der Waals surface area (Å²) in [6.07, 6.45) is 1.90. The molecule has 16 heavy (non-hydrogen) atoms. The summed E-state index contributed by atoms with van der Waals surface area (Å²) >= 11 is 1.70.